The van der Waals surface area contributed by atoms with Gasteiger partial charge in [-0.05, 0) is 40.3 Å². The fourth-order valence-corrected chi connectivity index (χ4v) is 2.44. The molecule has 0 heterocycles. The number of nitrogens with one attached hydrogen (secondary N) is 1. The molecule has 0 spiro atoms. The van der Waals surface area contributed by atoms with E-state index in [4.69, 9.17) is 0 Å². The second kappa shape index (κ2) is 4.84. The summed E-state index contributed by atoms with van der Waals surface area (Å²) in [5.41, 5.74) is 0.342. The minimum atomic E-state index is -0.623. The van der Waals surface area contributed by atoms with Crippen molar-refractivity contribution in [3.63, 3.8) is 0 Å². The number of rotatable bonds is 4. The summed E-state index contributed by atoms with van der Waals surface area (Å²) in [6.07, 6.45) is 3.44. The number of nitro benzene ring substituents is 1. The van der Waals surface area contributed by atoms with E-state index >= 15 is 0 Å². The van der Waals surface area contributed by atoms with Crippen molar-refractivity contribution in [3.05, 3.63) is 32.5 Å². The second-order valence-electron chi connectivity index (χ2n) is 5.06. The smallest absolute Gasteiger partial charge is 0.295 e. The molecule has 98 valence electrons. The Bertz CT molecular complexity index is 489. The topological polar surface area (TPSA) is 55.2 Å². The highest BCUT2D eigenvalue weighted by Crippen LogP contribution is 2.41. The molecule has 1 aliphatic carbocycles. The molecular weight excluding hydrogens is 303 g/mol. The Labute approximate surface area is 113 Å². The predicted octanol–water partition coefficient (Wildman–Crippen LogP) is 4.10. The first-order chi connectivity index (χ1) is 8.41. The molecule has 0 unspecified atom stereocenters. The number of hydrogen-bond donors (Lipinski definition) is 1. The van der Waals surface area contributed by atoms with Gasteiger partial charge in [0.25, 0.3) is 5.69 Å². The van der Waals surface area contributed by atoms with Crippen LogP contribution in [0, 0.1) is 21.3 Å². The first kappa shape index (κ1) is 13.3. The lowest BCUT2D eigenvalue weighted by molar-refractivity contribution is -0.384. The van der Waals surface area contributed by atoms with Crippen LogP contribution >= 0.6 is 15.9 Å². The fraction of sp³-hybridized carbons (Fsp3) is 0.500. The average Bonchev–Trinajstić information content (AvgIpc) is 2.27. The van der Waals surface area contributed by atoms with Gasteiger partial charge in [0.05, 0.1) is 15.5 Å². The van der Waals surface area contributed by atoms with Gasteiger partial charge in [-0.2, -0.15) is 0 Å². The molecule has 1 N–H and O–H groups in total. The van der Waals surface area contributed by atoms with Gasteiger partial charge in [0.2, 0.25) is 0 Å². The van der Waals surface area contributed by atoms with E-state index in [1.54, 1.807) is 0 Å². The number of anilines is 1. The summed E-state index contributed by atoms with van der Waals surface area (Å²) in [6, 6.07) is 2.37. The Balaban J connectivity index is 2.20. The monoisotopic (exact) mass is 316 g/mol. The molecule has 6 heteroatoms. The van der Waals surface area contributed by atoms with Gasteiger partial charge in [-0.1, -0.05) is 13.3 Å². The molecule has 0 aromatic heterocycles. The van der Waals surface area contributed by atoms with Crippen LogP contribution in [0.5, 0.6) is 0 Å². The predicted molar refractivity (Wildman–Crippen MR) is 71.2 cm³/mol. The van der Waals surface area contributed by atoms with Crippen LogP contribution in [0.2, 0.25) is 0 Å². The van der Waals surface area contributed by atoms with Gasteiger partial charge in [-0.25, -0.2) is 4.39 Å². The molecular formula is C12H14BrFN2O2. The van der Waals surface area contributed by atoms with E-state index < -0.39 is 10.7 Å². The molecule has 1 saturated carbocycles. The van der Waals surface area contributed by atoms with Gasteiger partial charge in [0.1, 0.15) is 11.5 Å². The molecule has 4 nitrogen and oxygen atoms in total. The quantitative estimate of drug-likeness (QED) is 0.672. The van der Waals surface area contributed by atoms with Gasteiger partial charge >= 0.3 is 0 Å². The molecule has 1 aromatic carbocycles. The third-order valence-corrected chi connectivity index (χ3v) is 4.11. The molecule has 18 heavy (non-hydrogen) atoms. The van der Waals surface area contributed by atoms with Crippen molar-refractivity contribution < 1.29 is 9.31 Å². The van der Waals surface area contributed by atoms with Crippen LogP contribution < -0.4 is 5.32 Å². The van der Waals surface area contributed by atoms with E-state index in [0.717, 1.165) is 18.9 Å². The molecule has 0 radical (unpaired) electrons. The van der Waals surface area contributed by atoms with E-state index in [9.17, 15) is 14.5 Å². The summed E-state index contributed by atoms with van der Waals surface area (Å²) in [5, 5.41) is 13.9. The zero-order valence-electron chi connectivity index (χ0n) is 10.0. The van der Waals surface area contributed by atoms with E-state index in [-0.39, 0.29) is 15.6 Å². The van der Waals surface area contributed by atoms with Crippen molar-refractivity contribution in [2.75, 3.05) is 11.9 Å². The molecule has 0 bridgehead atoms. The van der Waals surface area contributed by atoms with Crippen LogP contribution in [-0.2, 0) is 0 Å². The number of nitrogens with zero attached hydrogens (tertiary/aromatic N) is 1. The fourth-order valence-electron chi connectivity index (χ4n) is 2.09. The second-order valence-corrected chi connectivity index (χ2v) is 5.91. The van der Waals surface area contributed by atoms with Crippen molar-refractivity contribution in [1.29, 1.82) is 0 Å². The SMILES string of the molecule is CC1(CNc2cc(Br)c(F)cc2[N+](=O)[O-])CCC1. The summed E-state index contributed by atoms with van der Waals surface area (Å²) >= 11 is 3.04. The van der Waals surface area contributed by atoms with Crippen LogP contribution in [0.4, 0.5) is 15.8 Å². The van der Waals surface area contributed by atoms with E-state index in [1.165, 1.54) is 12.5 Å². The largest absolute Gasteiger partial charge is 0.379 e. The molecule has 1 fully saturated rings. The highest BCUT2D eigenvalue weighted by atomic mass is 79.9. The van der Waals surface area contributed by atoms with Gasteiger partial charge in [-0.15, -0.1) is 0 Å². The van der Waals surface area contributed by atoms with Crippen LogP contribution in [0.3, 0.4) is 0 Å². The zero-order valence-corrected chi connectivity index (χ0v) is 11.6. The maximum Gasteiger partial charge on any atom is 0.295 e. The van der Waals surface area contributed by atoms with E-state index in [1.807, 2.05) is 0 Å². The zero-order chi connectivity index (χ0) is 13.3. The first-order valence-corrected chi connectivity index (χ1v) is 6.58. The lowest BCUT2D eigenvalue weighted by Gasteiger charge is -2.38. The third-order valence-electron chi connectivity index (χ3n) is 3.50. The van der Waals surface area contributed by atoms with E-state index in [0.29, 0.717) is 12.2 Å². The molecule has 2 rings (SSSR count). The minimum Gasteiger partial charge on any atom is -0.379 e. The number of halogens is 2. The summed E-state index contributed by atoms with van der Waals surface area (Å²) in [5.74, 6) is -0.623. The molecule has 1 aliphatic rings. The van der Waals surface area contributed by atoms with Crippen molar-refractivity contribution in [3.8, 4) is 0 Å². The Hall–Kier alpha value is -1.17. The number of nitro groups is 1. The Kier molecular flexibility index (Phi) is 3.56. The Morgan fingerprint density at radius 3 is 2.72 bits per heavy atom. The van der Waals surface area contributed by atoms with Crippen molar-refractivity contribution in [2.24, 2.45) is 5.41 Å². The highest BCUT2D eigenvalue weighted by molar-refractivity contribution is 9.10. The Morgan fingerprint density at radius 1 is 1.56 bits per heavy atom. The molecule has 1 aromatic rings. The molecule has 0 amide bonds. The summed E-state index contributed by atoms with van der Waals surface area (Å²) in [6.45, 7) is 2.82. The maximum atomic E-state index is 13.3. The van der Waals surface area contributed by atoms with Crippen molar-refractivity contribution in [2.45, 2.75) is 26.2 Å². The summed E-state index contributed by atoms with van der Waals surface area (Å²) < 4.78 is 13.5. The number of hydrogen-bond acceptors (Lipinski definition) is 3. The third kappa shape index (κ3) is 2.63. The average molecular weight is 317 g/mol. The summed E-state index contributed by atoms with van der Waals surface area (Å²) in [4.78, 5) is 10.3. The standard InChI is InChI=1S/C12H14BrFN2O2/c1-12(3-2-4-12)7-15-10-5-8(13)9(14)6-11(10)16(17)18/h5-6,15H,2-4,7H2,1H3. The summed E-state index contributed by atoms with van der Waals surface area (Å²) in [7, 11) is 0. The Morgan fingerprint density at radius 2 is 2.22 bits per heavy atom. The van der Waals surface area contributed by atoms with E-state index in [2.05, 4.69) is 28.2 Å². The van der Waals surface area contributed by atoms with Gasteiger partial charge in [0, 0.05) is 6.54 Å². The van der Waals surface area contributed by atoms with Crippen molar-refractivity contribution in [1.82, 2.24) is 0 Å². The first-order valence-electron chi connectivity index (χ1n) is 5.79. The lowest BCUT2D eigenvalue weighted by atomic mass is 9.70. The normalized spacial score (nSPS) is 17.1. The van der Waals surface area contributed by atoms with Gasteiger partial charge < -0.3 is 5.32 Å². The molecule has 0 atom stereocenters. The van der Waals surface area contributed by atoms with Crippen LogP contribution in [-0.4, -0.2) is 11.5 Å². The van der Waals surface area contributed by atoms with Crippen LogP contribution in [0.1, 0.15) is 26.2 Å². The van der Waals surface area contributed by atoms with Crippen molar-refractivity contribution >= 4 is 27.3 Å². The molecule has 0 saturated heterocycles. The maximum absolute atomic E-state index is 13.3. The molecule has 0 aliphatic heterocycles. The van der Waals surface area contributed by atoms with Crippen LogP contribution in [0.25, 0.3) is 0 Å². The van der Waals surface area contributed by atoms with Crippen LogP contribution in [0.15, 0.2) is 16.6 Å². The minimum absolute atomic E-state index is 0.203. The lowest BCUT2D eigenvalue weighted by Crippen LogP contribution is -2.33. The van der Waals surface area contributed by atoms with Gasteiger partial charge in [-0.3, -0.25) is 10.1 Å². The highest BCUT2D eigenvalue weighted by Gasteiger charge is 2.32. The van der Waals surface area contributed by atoms with Gasteiger partial charge in [0.15, 0.2) is 0 Å². The number of benzene rings is 1.